The summed E-state index contributed by atoms with van der Waals surface area (Å²) in [4.78, 5) is 3.67. The van der Waals surface area contributed by atoms with E-state index in [-0.39, 0.29) is 5.92 Å². The molecular formula is C12H16N2. The van der Waals surface area contributed by atoms with Crippen molar-refractivity contribution in [1.82, 2.24) is 0 Å². The summed E-state index contributed by atoms with van der Waals surface area (Å²) in [7, 11) is 0. The molecule has 2 heteroatoms. The van der Waals surface area contributed by atoms with Crippen LogP contribution in [-0.4, -0.2) is 13.3 Å². The molecule has 0 rings (SSSR count). The van der Waals surface area contributed by atoms with Gasteiger partial charge in [-0.05, 0) is 12.8 Å². The topological polar surface area (TPSA) is 38.4 Å². The van der Waals surface area contributed by atoms with Gasteiger partial charge in [-0.2, -0.15) is 0 Å². The highest BCUT2D eigenvalue weighted by Crippen LogP contribution is 2.01. The van der Waals surface area contributed by atoms with Crippen LogP contribution in [0, 0.1) is 18.3 Å². The van der Waals surface area contributed by atoms with Crippen LogP contribution in [0.4, 0.5) is 0 Å². The first kappa shape index (κ1) is 12.2. The maximum Gasteiger partial charge on any atom is 0.0582 e. The molecule has 2 nitrogen and oxygen atoms in total. The summed E-state index contributed by atoms with van der Waals surface area (Å²) < 4.78 is 0. The summed E-state index contributed by atoms with van der Waals surface area (Å²) in [5.41, 5.74) is 6.45. The van der Waals surface area contributed by atoms with Gasteiger partial charge in [0.2, 0.25) is 0 Å². The second kappa shape index (κ2) is 7.88. The lowest BCUT2D eigenvalue weighted by atomic mass is 10.1. The summed E-state index contributed by atoms with van der Waals surface area (Å²) >= 11 is 0. The molecule has 0 aliphatic rings. The van der Waals surface area contributed by atoms with Crippen LogP contribution in [0.15, 0.2) is 41.6 Å². The minimum atomic E-state index is -0.0136. The SMILES string of the molecule is C#CC(C=C)/C=C\C/C(N)=C\CN=C. The molecule has 0 aromatic carbocycles. The van der Waals surface area contributed by atoms with Crippen LogP contribution in [0.2, 0.25) is 0 Å². The first-order chi connectivity index (χ1) is 6.74. The molecule has 0 fully saturated rings. The number of terminal acetylenes is 1. The zero-order valence-corrected chi connectivity index (χ0v) is 8.32. The second-order valence-electron chi connectivity index (χ2n) is 2.75. The minimum Gasteiger partial charge on any atom is -0.402 e. The summed E-state index contributed by atoms with van der Waals surface area (Å²) in [5.74, 6) is 2.56. The average molecular weight is 188 g/mol. The molecular weight excluding hydrogens is 172 g/mol. The predicted molar refractivity (Wildman–Crippen MR) is 63.0 cm³/mol. The van der Waals surface area contributed by atoms with Gasteiger partial charge < -0.3 is 5.73 Å². The van der Waals surface area contributed by atoms with E-state index >= 15 is 0 Å². The Labute approximate surface area is 85.9 Å². The normalized spacial score (nSPS) is 13.5. The number of nitrogens with two attached hydrogens (primary N) is 1. The fourth-order valence-electron chi connectivity index (χ4n) is 0.818. The quantitative estimate of drug-likeness (QED) is 0.386. The Morgan fingerprint density at radius 1 is 1.64 bits per heavy atom. The maximum atomic E-state index is 5.67. The highest BCUT2D eigenvalue weighted by Gasteiger charge is 1.90. The molecule has 0 amide bonds. The van der Waals surface area contributed by atoms with Crippen molar-refractivity contribution >= 4 is 6.72 Å². The molecule has 1 atom stereocenters. The molecule has 0 bridgehead atoms. The van der Waals surface area contributed by atoms with E-state index in [4.69, 9.17) is 12.2 Å². The van der Waals surface area contributed by atoms with Gasteiger partial charge in [0.1, 0.15) is 0 Å². The Bertz CT molecular complexity index is 279. The maximum absolute atomic E-state index is 5.67. The van der Waals surface area contributed by atoms with Crippen LogP contribution in [0.25, 0.3) is 0 Å². The number of nitrogens with zero attached hydrogens (tertiary/aromatic N) is 1. The van der Waals surface area contributed by atoms with Crippen molar-refractivity contribution in [3.8, 4) is 12.3 Å². The lowest BCUT2D eigenvalue weighted by Crippen LogP contribution is -1.96. The van der Waals surface area contributed by atoms with Crippen molar-refractivity contribution in [1.29, 1.82) is 0 Å². The van der Waals surface area contributed by atoms with Gasteiger partial charge in [0.15, 0.2) is 0 Å². The van der Waals surface area contributed by atoms with Gasteiger partial charge in [0.05, 0.1) is 12.5 Å². The zero-order chi connectivity index (χ0) is 10.8. The van der Waals surface area contributed by atoms with Gasteiger partial charge in [0, 0.05) is 12.1 Å². The lowest BCUT2D eigenvalue weighted by Gasteiger charge is -1.97. The summed E-state index contributed by atoms with van der Waals surface area (Å²) in [5, 5.41) is 0. The van der Waals surface area contributed by atoms with Crippen molar-refractivity contribution in [2.24, 2.45) is 16.6 Å². The van der Waals surface area contributed by atoms with Gasteiger partial charge in [-0.25, -0.2) is 0 Å². The van der Waals surface area contributed by atoms with Crippen molar-refractivity contribution < 1.29 is 0 Å². The van der Waals surface area contributed by atoms with Crippen molar-refractivity contribution in [3.05, 3.63) is 36.6 Å². The summed E-state index contributed by atoms with van der Waals surface area (Å²) in [6.07, 6.45) is 13.3. The fourth-order valence-corrected chi connectivity index (χ4v) is 0.818. The molecule has 0 spiro atoms. The third-order valence-corrected chi connectivity index (χ3v) is 1.63. The van der Waals surface area contributed by atoms with Gasteiger partial charge in [0.25, 0.3) is 0 Å². The van der Waals surface area contributed by atoms with E-state index < -0.39 is 0 Å². The van der Waals surface area contributed by atoms with E-state index in [9.17, 15) is 0 Å². The molecule has 74 valence electrons. The fraction of sp³-hybridized carbons (Fsp3) is 0.250. The average Bonchev–Trinajstić information content (AvgIpc) is 2.21. The van der Waals surface area contributed by atoms with Crippen LogP contribution in [0.3, 0.4) is 0 Å². The van der Waals surface area contributed by atoms with Crippen molar-refractivity contribution in [2.75, 3.05) is 6.54 Å². The molecule has 0 radical (unpaired) electrons. The molecule has 0 heterocycles. The van der Waals surface area contributed by atoms with E-state index in [0.29, 0.717) is 13.0 Å². The first-order valence-electron chi connectivity index (χ1n) is 4.37. The number of hydrogen-bond donors (Lipinski definition) is 1. The molecule has 0 aromatic heterocycles. The molecule has 14 heavy (non-hydrogen) atoms. The van der Waals surface area contributed by atoms with E-state index in [1.54, 1.807) is 6.08 Å². The van der Waals surface area contributed by atoms with Crippen molar-refractivity contribution in [2.45, 2.75) is 6.42 Å². The Morgan fingerprint density at radius 3 is 2.86 bits per heavy atom. The number of hydrogen-bond acceptors (Lipinski definition) is 2. The Morgan fingerprint density at radius 2 is 2.36 bits per heavy atom. The van der Waals surface area contributed by atoms with Gasteiger partial charge in [-0.3, -0.25) is 4.99 Å². The molecule has 0 aromatic rings. The standard InChI is InChI=1S/C12H16N2/c1-4-11(5-2)7-6-8-12(13)9-10-14-3/h1,5-7,9,11H,2-3,8,10,13H2/b7-6-,12-9+. The monoisotopic (exact) mass is 188 g/mol. The number of allylic oxidation sites excluding steroid dienone is 3. The first-order valence-corrected chi connectivity index (χ1v) is 4.37. The Kier molecular flexibility index (Phi) is 6.89. The molecule has 0 aliphatic heterocycles. The van der Waals surface area contributed by atoms with E-state index in [0.717, 1.165) is 5.70 Å². The molecule has 0 saturated carbocycles. The summed E-state index contributed by atoms with van der Waals surface area (Å²) in [6, 6.07) is 0. The molecule has 0 aliphatic carbocycles. The molecule has 0 saturated heterocycles. The largest absolute Gasteiger partial charge is 0.402 e. The van der Waals surface area contributed by atoms with Crippen LogP contribution < -0.4 is 5.73 Å². The molecule has 1 unspecified atom stereocenters. The highest BCUT2D eigenvalue weighted by atomic mass is 14.7. The Hall–Kier alpha value is -1.75. The van der Waals surface area contributed by atoms with E-state index in [2.05, 4.69) is 24.2 Å². The third-order valence-electron chi connectivity index (χ3n) is 1.63. The Balaban J connectivity index is 3.98. The minimum absolute atomic E-state index is 0.0136. The van der Waals surface area contributed by atoms with E-state index in [1.165, 1.54) is 0 Å². The number of aliphatic imine (C=N–C) groups is 1. The number of rotatable bonds is 6. The van der Waals surface area contributed by atoms with Crippen LogP contribution in [0.1, 0.15) is 6.42 Å². The summed E-state index contributed by atoms with van der Waals surface area (Å²) in [6.45, 7) is 7.53. The van der Waals surface area contributed by atoms with Gasteiger partial charge in [-0.1, -0.05) is 24.1 Å². The molecule has 2 N–H and O–H groups in total. The van der Waals surface area contributed by atoms with Crippen molar-refractivity contribution in [3.63, 3.8) is 0 Å². The van der Waals surface area contributed by atoms with Crippen LogP contribution in [0.5, 0.6) is 0 Å². The van der Waals surface area contributed by atoms with Crippen LogP contribution in [-0.2, 0) is 0 Å². The van der Waals surface area contributed by atoms with Gasteiger partial charge >= 0.3 is 0 Å². The van der Waals surface area contributed by atoms with Gasteiger partial charge in [-0.15, -0.1) is 13.0 Å². The van der Waals surface area contributed by atoms with Crippen LogP contribution >= 0.6 is 0 Å². The lowest BCUT2D eigenvalue weighted by molar-refractivity contribution is 1.07. The smallest absolute Gasteiger partial charge is 0.0582 e. The van der Waals surface area contributed by atoms with E-state index in [1.807, 2.05) is 18.2 Å². The predicted octanol–water partition coefficient (Wildman–Crippen LogP) is 1.91. The second-order valence-corrected chi connectivity index (χ2v) is 2.75. The highest BCUT2D eigenvalue weighted by molar-refractivity contribution is 5.24. The zero-order valence-electron chi connectivity index (χ0n) is 8.32. The third kappa shape index (κ3) is 5.84.